The van der Waals surface area contributed by atoms with Gasteiger partial charge >= 0.3 is 0 Å². The van der Waals surface area contributed by atoms with Crippen LogP contribution in [0.4, 0.5) is 0 Å². The zero-order valence-corrected chi connectivity index (χ0v) is 13.2. The van der Waals surface area contributed by atoms with Crippen LogP contribution in [0.5, 0.6) is 0 Å². The molecule has 0 amide bonds. The number of pyridine rings is 1. The van der Waals surface area contributed by atoms with Crippen molar-refractivity contribution in [2.75, 3.05) is 0 Å². The Morgan fingerprint density at radius 3 is 2.86 bits per heavy atom. The van der Waals surface area contributed by atoms with E-state index in [4.69, 9.17) is 17.4 Å². The summed E-state index contributed by atoms with van der Waals surface area (Å²) in [6, 6.07) is 10.2. The van der Waals surface area contributed by atoms with E-state index < -0.39 is 0 Å². The van der Waals surface area contributed by atoms with Crippen molar-refractivity contribution in [3.05, 3.63) is 62.9 Å². The molecule has 2 aromatic heterocycles. The normalized spacial score (nSPS) is 12.7. The number of thiophene rings is 1. The third-order valence-electron chi connectivity index (χ3n) is 3.61. The van der Waals surface area contributed by atoms with Crippen LogP contribution >= 0.6 is 22.9 Å². The molecule has 21 heavy (non-hydrogen) atoms. The monoisotopic (exact) mass is 317 g/mol. The lowest BCUT2D eigenvalue weighted by atomic mass is 10.0. The van der Waals surface area contributed by atoms with E-state index in [-0.39, 0.29) is 6.04 Å². The number of aryl methyl sites for hydroxylation is 1. The maximum atomic E-state index is 6.37. The molecule has 2 heterocycles. The molecule has 1 atom stereocenters. The highest BCUT2D eigenvalue weighted by Crippen LogP contribution is 2.34. The van der Waals surface area contributed by atoms with Crippen molar-refractivity contribution in [2.45, 2.75) is 19.4 Å². The first-order valence-electron chi connectivity index (χ1n) is 6.73. The van der Waals surface area contributed by atoms with Gasteiger partial charge in [-0.3, -0.25) is 16.3 Å². The molecule has 0 radical (unpaired) electrons. The first-order valence-corrected chi connectivity index (χ1v) is 7.98. The first-order chi connectivity index (χ1) is 10.2. The van der Waals surface area contributed by atoms with Crippen LogP contribution in [0.1, 0.15) is 22.0 Å². The maximum absolute atomic E-state index is 6.37. The van der Waals surface area contributed by atoms with Crippen LogP contribution in [-0.4, -0.2) is 4.98 Å². The summed E-state index contributed by atoms with van der Waals surface area (Å²) in [5, 5.41) is 4.03. The zero-order valence-electron chi connectivity index (χ0n) is 11.6. The molecule has 3 aromatic rings. The van der Waals surface area contributed by atoms with Gasteiger partial charge in [0, 0.05) is 16.5 Å². The summed E-state index contributed by atoms with van der Waals surface area (Å²) in [5.41, 5.74) is 6.20. The highest BCUT2D eigenvalue weighted by Gasteiger charge is 2.18. The van der Waals surface area contributed by atoms with Crippen LogP contribution in [0.3, 0.4) is 0 Å². The average molecular weight is 318 g/mol. The van der Waals surface area contributed by atoms with Gasteiger partial charge in [-0.25, -0.2) is 0 Å². The van der Waals surface area contributed by atoms with Gasteiger partial charge < -0.3 is 0 Å². The van der Waals surface area contributed by atoms with Gasteiger partial charge in [-0.1, -0.05) is 29.8 Å². The second kappa shape index (κ2) is 6.12. The number of hydrazine groups is 1. The van der Waals surface area contributed by atoms with Gasteiger partial charge in [0.1, 0.15) is 0 Å². The Labute approximate surface area is 132 Å². The van der Waals surface area contributed by atoms with Gasteiger partial charge in [-0.2, -0.15) is 0 Å². The molecule has 3 nitrogen and oxygen atoms in total. The summed E-state index contributed by atoms with van der Waals surface area (Å²) in [5.74, 6) is 5.76. The van der Waals surface area contributed by atoms with Gasteiger partial charge in [0.2, 0.25) is 0 Å². The second-order valence-electron chi connectivity index (χ2n) is 5.01. The van der Waals surface area contributed by atoms with Crippen molar-refractivity contribution in [2.24, 2.45) is 5.84 Å². The predicted octanol–water partition coefficient (Wildman–Crippen LogP) is 4.01. The molecule has 0 aliphatic carbocycles. The molecule has 108 valence electrons. The topological polar surface area (TPSA) is 50.9 Å². The fraction of sp³-hybridized carbons (Fsp3) is 0.188. The molecule has 1 aromatic carbocycles. The van der Waals surface area contributed by atoms with Crippen molar-refractivity contribution in [1.29, 1.82) is 0 Å². The zero-order chi connectivity index (χ0) is 14.8. The van der Waals surface area contributed by atoms with Gasteiger partial charge in [0.05, 0.1) is 16.6 Å². The van der Waals surface area contributed by atoms with Crippen molar-refractivity contribution < 1.29 is 0 Å². The quantitative estimate of drug-likeness (QED) is 0.565. The lowest BCUT2D eigenvalue weighted by Gasteiger charge is -2.16. The molecule has 0 saturated carbocycles. The lowest BCUT2D eigenvalue weighted by molar-refractivity contribution is 0.562. The molecule has 0 saturated heterocycles. The molecule has 3 N–H and O–H groups in total. The van der Waals surface area contributed by atoms with Crippen LogP contribution < -0.4 is 11.3 Å². The average Bonchev–Trinajstić information content (AvgIpc) is 2.85. The predicted molar refractivity (Wildman–Crippen MR) is 89.6 cm³/mol. The Balaban J connectivity index is 1.98. The van der Waals surface area contributed by atoms with E-state index in [1.165, 1.54) is 5.56 Å². The lowest BCUT2D eigenvalue weighted by Crippen LogP contribution is -2.29. The van der Waals surface area contributed by atoms with Gasteiger partial charge in [-0.15, -0.1) is 11.3 Å². The smallest absolute Gasteiger partial charge is 0.0704 e. The third kappa shape index (κ3) is 2.80. The number of hydrogen-bond acceptors (Lipinski definition) is 4. The van der Waals surface area contributed by atoms with Crippen LogP contribution in [-0.2, 0) is 6.42 Å². The number of nitrogens with one attached hydrogen (secondary N) is 1. The summed E-state index contributed by atoms with van der Waals surface area (Å²) >= 11 is 8.01. The van der Waals surface area contributed by atoms with Crippen LogP contribution in [0.25, 0.3) is 10.9 Å². The van der Waals surface area contributed by atoms with Crippen LogP contribution in [0.2, 0.25) is 5.02 Å². The van der Waals surface area contributed by atoms with E-state index >= 15 is 0 Å². The molecular weight excluding hydrogens is 302 g/mol. The highest BCUT2D eigenvalue weighted by molar-refractivity contribution is 7.10. The number of nitrogens with two attached hydrogens (primary N) is 1. The maximum Gasteiger partial charge on any atom is 0.0704 e. The SMILES string of the molecule is Cc1csc(C(Cc2ccnc3ccccc23)NN)c1Cl. The van der Waals surface area contributed by atoms with Crippen molar-refractivity contribution >= 4 is 33.8 Å². The summed E-state index contributed by atoms with van der Waals surface area (Å²) in [4.78, 5) is 5.48. The fourth-order valence-electron chi connectivity index (χ4n) is 2.47. The number of aromatic nitrogens is 1. The van der Waals surface area contributed by atoms with Crippen molar-refractivity contribution in [1.82, 2.24) is 10.4 Å². The minimum atomic E-state index is 0.00186. The van der Waals surface area contributed by atoms with E-state index in [9.17, 15) is 0 Å². The molecule has 0 fully saturated rings. The fourth-order valence-corrected chi connectivity index (χ4v) is 3.85. The van der Waals surface area contributed by atoms with Gasteiger partial charge in [0.15, 0.2) is 0 Å². The molecule has 0 aliphatic rings. The molecule has 0 bridgehead atoms. The number of rotatable bonds is 4. The summed E-state index contributed by atoms with van der Waals surface area (Å²) in [7, 11) is 0. The van der Waals surface area contributed by atoms with E-state index in [1.807, 2.05) is 37.4 Å². The minimum absolute atomic E-state index is 0.00186. The van der Waals surface area contributed by atoms with E-state index in [0.29, 0.717) is 0 Å². The first kappa shape index (κ1) is 14.5. The number of nitrogens with zero attached hydrogens (tertiary/aromatic N) is 1. The Morgan fingerprint density at radius 2 is 2.14 bits per heavy atom. The van der Waals surface area contributed by atoms with Gasteiger partial charge in [-0.05, 0) is 42.0 Å². The number of para-hydroxylation sites is 1. The standard InChI is InChI=1S/C16H16ClN3S/c1-10-9-21-16(15(10)17)14(20-18)8-11-6-7-19-13-5-3-2-4-12(11)13/h2-7,9,14,20H,8,18H2,1H3. The molecular formula is C16H16ClN3S. The minimum Gasteiger partial charge on any atom is -0.271 e. The number of hydrogen-bond donors (Lipinski definition) is 2. The largest absolute Gasteiger partial charge is 0.271 e. The van der Waals surface area contributed by atoms with Crippen molar-refractivity contribution in [3.63, 3.8) is 0 Å². The Kier molecular flexibility index (Phi) is 4.22. The number of benzene rings is 1. The number of halogens is 1. The van der Waals surface area contributed by atoms with Gasteiger partial charge in [0.25, 0.3) is 0 Å². The Hall–Kier alpha value is -1.46. The molecule has 3 rings (SSSR count). The Bertz CT molecular complexity index is 764. The van der Waals surface area contributed by atoms with Crippen LogP contribution in [0, 0.1) is 6.92 Å². The Morgan fingerprint density at radius 1 is 1.33 bits per heavy atom. The summed E-state index contributed by atoms with van der Waals surface area (Å²) in [6.45, 7) is 2.01. The number of fused-ring (bicyclic) bond motifs is 1. The van der Waals surface area contributed by atoms with E-state index in [2.05, 4.69) is 21.9 Å². The molecule has 1 unspecified atom stereocenters. The molecule has 0 aliphatic heterocycles. The third-order valence-corrected chi connectivity index (χ3v) is 5.43. The van der Waals surface area contributed by atoms with E-state index in [1.54, 1.807) is 11.3 Å². The van der Waals surface area contributed by atoms with Crippen LogP contribution in [0.15, 0.2) is 41.9 Å². The van der Waals surface area contributed by atoms with E-state index in [0.717, 1.165) is 32.8 Å². The summed E-state index contributed by atoms with van der Waals surface area (Å²) in [6.07, 6.45) is 2.62. The molecule has 5 heteroatoms. The van der Waals surface area contributed by atoms with Crippen molar-refractivity contribution in [3.8, 4) is 0 Å². The molecule has 0 spiro atoms. The second-order valence-corrected chi connectivity index (χ2v) is 6.30. The summed E-state index contributed by atoms with van der Waals surface area (Å²) < 4.78 is 0. The highest BCUT2D eigenvalue weighted by atomic mass is 35.5.